The monoisotopic (exact) mass is 225 g/mol. The number of aromatic amines is 1. The number of methoxy groups -OCH3 is 1. The fraction of sp³-hybridized carbons (Fsp3) is 0.125. The first kappa shape index (κ1) is 7.61. The molecular formula is C8H6BrN2O. The van der Waals surface area contributed by atoms with Gasteiger partial charge in [0.1, 0.15) is 5.75 Å². The minimum atomic E-state index is 0.792. The van der Waals surface area contributed by atoms with Gasteiger partial charge in [-0.05, 0) is 22.0 Å². The van der Waals surface area contributed by atoms with Gasteiger partial charge in [-0.25, -0.2) is 4.98 Å². The highest BCUT2D eigenvalue weighted by Crippen LogP contribution is 2.28. The van der Waals surface area contributed by atoms with Gasteiger partial charge in [0.25, 0.3) is 0 Å². The lowest BCUT2D eigenvalue weighted by atomic mass is 10.3. The van der Waals surface area contributed by atoms with Gasteiger partial charge >= 0.3 is 0 Å². The number of rotatable bonds is 1. The van der Waals surface area contributed by atoms with Crippen LogP contribution in [0.1, 0.15) is 0 Å². The largest absolute Gasteiger partial charge is 0.495 e. The molecule has 0 spiro atoms. The zero-order valence-corrected chi connectivity index (χ0v) is 7.97. The van der Waals surface area contributed by atoms with Crippen LogP contribution in [0, 0.1) is 6.33 Å². The number of ether oxygens (including phenoxy) is 1. The molecule has 1 aromatic carbocycles. The molecule has 1 N–H and O–H groups in total. The zero-order valence-electron chi connectivity index (χ0n) is 6.39. The Labute approximate surface area is 77.9 Å². The predicted octanol–water partition coefficient (Wildman–Crippen LogP) is 2.13. The summed E-state index contributed by atoms with van der Waals surface area (Å²) in [5.74, 6) is 0.792. The lowest BCUT2D eigenvalue weighted by molar-refractivity contribution is 0.412. The third kappa shape index (κ3) is 1.08. The van der Waals surface area contributed by atoms with Gasteiger partial charge in [0.2, 0.25) is 0 Å². The number of halogens is 1. The molecule has 1 radical (unpaired) electrons. The summed E-state index contributed by atoms with van der Waals surface area (Å²) in [4.78, 5) is 6.87. The van der Waals surface area contributed by atoms with E-state index >= 15 is 0 Å². The van der Waals surface area contributed by atoms with E-state index in [9.17, 15) is 0 Å². The molecule has 1 heterocycles. The Bertz CT molecular complexity index is 410. The summed E-state index contributed by atoms with van der Waals surface area (Å²) in [7, 11) is 1.63. The minimum absolute atomic E-state index is 0.792. The van der Waals surface area contributed by atoms with E-state index < -0.39 is 0 Å². The second kappa shape index (κ2) is 2.79. The molecular weight excluding hydrogens is 220 g/mol. The highest BCUT2D eigenvalue weighted by atomic mass is 79.9. The summed E-state index contributed by atoms with van der Waals surface area (Å²) in [6, 6.07) is 3.77. The third-order valence-corrected chi connectivity index (χ3v) is 2.26. The molecule has 0 aliphatic carbocycles. The molecule has 0 saturated heterocycles. The Morgan fingerprint density at radius 1 is 1.58 bits per heavy atom. The van der Waals surface area contributed by atoms with E-state index in [0.717, 1.165) is 21.3 Å². The molecule has 0 aliphatic heterocycles. The average Bonchev–Trinajstić information content (AvgIpc) is 2.49. The molecule has 12 heavy (non-hydrogen) atoms. The van der Waals surface area contributed by atoms with Crippen LogP contribution >= 0.6 is 15.9 Å². The molecule has 0 aliphatic rings. The molecule has 2 aromatic rings. The smallest absolute Gasteiger partial charge is 0.174 e. The van der Waals surface area contributed by atoms with Crippen molar-refractivity contribution in [2.75, 3.05) is 7.11 Å². The van der Waals surface area contributed by atoms with Crippen molar-refractivity contribution in [2.24, 2.45) is 0 Å². The fourth-order valence-corrected chi connectivity index (χ4v) is 1.53. The standard InChI is InChI=1S/C8H6BrN2O/c1-12-8-3-7-6(2-5(8)9)10-4-11-7/h2-3H,1H3,(H,10,11). The minimum Gasteiger partial charge on any atom is -0.495 e. The van der Waals surface area contributed by atoms with Crippen molar-refractivity contribution in [3.63, 3.8) is 0 Å². The maximum atomic E-state index is 5.11. The number of hydrogen-bond donors (Lipinski definition) is 1. The summed E-state index contributed by atoms with van der Waals surface area (Å²) in [5, 5.41) is 0. The van der Waals surface area contributed by atoms with Crippen LogP contribution in [0.4, 0.5) is 0 Å². The number of nitrogens with one attached hydrogen (secondary N) is 1. The van der Waals surface area contributed by atoms with Crippen LogP contribution in [0.25, 0.3) is 11.0 Å². The van der Waals surface area contributed by atoms with E-state index in [1.165, 1.54) is 0 Å². The van der Waals surface area contributed by atoms with Gasteiger partial charge in [-0.2, -0.15) is 0 Å². The quantitative estimate of drug-likeness (QED) is 0.808. The van der Waals surface area contributed by atoms with Crippen molar-refractivity contribution in [1.82, 2.24) is 9.97 Å². The van der Waals surface area contributed by atoms with Crippen molar-refractivity contribution in [1.29, 1.82) is 0 Å². The molecule has 0 saturated carbocycles. The van der Waals surface area contributed by atoms with Crippen LogP contribution in [0.15, 0.2) is 16.6 Å². The number of nitrogens with zero attached hydrogens (tertiary/aromatic N) is 1. The van der Waals surface area contributed by atoms with Crippen LogP contribution in [0.3, 0.4) is 0 Å². The molecule has 0 bridgehead atoms. The summed E-state index contributed by atoms with van der Waals surface area (Å²) in [5.41, 5.74) is 1.80. The first-order valence-electron chi connectivity index (χ1n) is 3.40. The van der Waals surface area contributed by atoms with Gasteiger partial charge in [-0.3, -0.25) is 0 Å². The number of imidazole rings is 1. The highest BCUT2D eigenvalue weighted by Gasteiger charge is 2.03. The summed E-state index contributed by atoms with van der Waals surface area (Å²) in [6.07, 6.45) is 2.66. The van der Waals surface area contributed by atoms with E-state index in [1.54, 1.807) is 7.11 Å². The molecule has 4 heteroatoms. The lowest BCUT2D eigenvalue weighted by Crippen LogP contribution is -1.83. The van der Waals surface area contributed by atoms with Gasteiger partial charge in [0.05, 0.1) is 22.6 Å². The van der Waals surface area contributed by atoms with Crippen molar-refractivity contribution in [3.8, 4) is 5.75 Å². The average molecular weight is 226 g/mol. The predicted molar refractivity (Wildman–Crippen MR) is 49.2 cm³/mol. The van der Waals surface area contributed by atoms with Gasteiger partial charge < -0.3 is 9.72 Å². The van der Waals surface area contributed by atoms with Crippen molar-refractivity contribution < 1.29 is 4.74 Å². The molecule has 0 fully saturated rings. The second-order valence-corrected chi connectivity index (χ2v) is 3.21. The first-order chi connectivity index (χ1) is 5.81. The summed E-state index contributed by atoms with van der Waals surface area (Å²) < 4.78 is 6.01. The Balaban J connectivity index is 2.73. The molecule has 3 nitrogen and oxygen atoms in total. The Hall–Kier alpha value is -1.03. The lowest BCUT2D eigenvalue weighted by Gasteiger charge is -2.01. The van der Waals surface area contributed by atoms with Crippen LogP contribution in [0.2, 0.25) is 0 Å². The first-order valence-corrected chi connectivity index (χ1v) is 4.20. The molecule has 0 unspecified atom stereocenters. The number of benzene rings is 1. The van der Waals surface area contributed by atoms with Gasteiger partial charge in [0.15, 0.2) is 6.33 Å². The normalized spacial score (nSPS) is 10.5. The third-order valence-electron chi connectivity index (χ3n) is 1.64. The summed E-state index contributed by atoms with van der Waals surface area (Å²) >= 11 is 3.37. The fourth-order valence-electron chi connectivity index (χ4n) is 1.04. The van der Waals surface area contributed by atoms with Gasteiger partial charge in [-0.1, -0.05) is 0 Å². The molecule has 1 aromatic heterocycles. The molecule has 0 atom stereocenters. The van der Waals surface area contributed by atoms with Crippen molar-refractivity contribution in [2.45, 2.75) is 0 Å². The number of fused-ring (bicyclic) bond motifs is 1. The maximum Gasteiger partial charge on any atom is 0.174 e. The Morgan fingerprint density at radius 3 is 3.17 bits per heavy atom. The topological polar surface area (TPSA) is 37.9 Å². The van der Waals surface area contributed by atoms with Crippen LogP contribution in [-0.2, 0) is 0 Å². The van der Waals surface area contributed by atoms with E-state index in [0.29, 0.717) is 0 Å². The van der Waals surface area contributed by atoms with E-state index in [2.05, 4.69) is 32.2 Å². The SMILES string of the molecule is COc1cc2[nH][c]nc2cc1Br. The molecule has 2 rings (SSSR count). The van der Waals surface area contributed by atoms with Crippen molar-refractivity contribution in [3.05, 3.63) is 22.9 Å². The van der Waals surface area contributed by atoms with Gasteiger partial charge in [0, 0.05) is 6.07 Å². The highest BCUT2D eigenvalue weighted by molar-refractivity contribution is 9.10. The number of aromatic nitrogens is 2. The number of hydrogen-bond acceptors (Lipinski definition) is 2. The van der Waals surface area contributed by atoms with Crippen LogP contribution < -0.4 is 4.74 Å². The van der Waals surface area contributed by atoms with E-state index in [-0.39, 0.29) is 0 Å². The van der Waals surface area contributed by atoms with Gasteiger partial charge in [-0.15, -0.1) is 0 Å². The maximum absolute atomic E-state index is 5.11. The Kier molecular flexibility index (Phi) is 1.77. The van der Waals surface area contributed by atoms with Crippen molar-refractivity contribution >= 4 is 27.0 Å². The van der Waals surface area contributed by atoms with E-state index in [4.69, 9.17) is 4.74 Å². The Morgan fingerprint density at radius 2 is 2.42 bits per heavy atom. The molecule has 61 valence electrons. The molecule has 0 amide bonds. The van der Waals surface area contributed by atoms with Crippen LogP contribution in [0.5, 0.6) is 5.75 Å². The summed E-state index contributed by atoms with van der Waals surface area (Å²) in [6.45, 7) is 0. The number of H-pyrrole nitrogens is 1. The van der Waals surface area contributed by atoms with E-state index in [1.807, 2.05) is 12.1 Å². The zero-order chi connectivity index (χ0) is 8.55. The van der Waals surface area contributed by atoms with Crippen LogP contribution in [-0.4, -0.2) is 17.1 Å². The second-order valence-electron chi connectivity index (χ2n) is 2.35.